The minimum Gasteiger partial charge on any atom is -0.350 e. The predicted octanol–water partition coefficient (Wildman–Crippen LogP) is 1.99. The fraction of sp³-hybridized carbons (Fsp3) is 0.455. The Balaban J connectivity index is 2.54. The number of nitrogens with one attached hydrogen (secondary N) is 1. The zero-order chi connectivity index (χ0) is 11.3. The number of carbonyl (C=O) groups excluding carboxylic acids is 1. The van der Waals surface area contributed by atoms with Gasteiger partial charge in [0.05, 0.1) is 0 Å². The molecular weight excluding hydrogens is 212 g/mol. The lowest BCUT2D eigenvalue weighted by Gasteiger charge is -2.08. The van der Waals surface area contributed by atoms with Crippen molar-refractivity contribution in [2.75, 3.05) is 12.4 Å². The lowest BCUT2D eigenvalue weighted by Crippen LogP contribution is -2.29. The van der Waals surface area contributed by atoms with E-state index < -0.39 is 0 Å². The quantitative estimate of drug-likeness (QED) is 0.798. The highest BCUT2D eigenvalue weighted by molar-refractivity contribution is 6.18. The number of hydrogen-bond acceptors (Lipinski definition) is 2. The molecule has 0 bridgehead atoms. The van der Waals surface area contributed by atoms with Gasteiger partial charge in [-0.1, -0.05) is 13.0 Å². The van der Waals surface area contributed by atoms with E-state index in [9.17, 15) is 4.79 Å². The Morgan fingerprint density at radius 1 is 1.60 bits per heavy atom. The van der Waals surface area contributed by atoms with Crippen LogP contribution in [0.3, 0.4) is 0 Å². The van der Waals surface area contributed by atoms with Crippen LogP contribution in [0.5, 0.6) is 0 Å². The third-order valence-electron chi connectivity index (χ3n) is 2.00. The summed E-state index contributed by atoms with van der Waals surface area (Å²) in [5.41, 5.74) is 1.30. The predicted molar refractivity (Wildman–Crippen MR) is 61.2 cm³/mol. The van der Waals surface area contributed by atoms with Gasteiger partial charge in [0.1, 0.15) is 5.69 Å². The molecule has 1 aromatic rings. The van der Waals surface area contributed by atoms with Crippen molar-refractivity contribution in [1.29, 1.82) is 0 Å². The molecule has 1 unspecified atom stereocenters. The van der Waals surface area contributed by atoms with Gasteiger partial charge >= 0.3 is 0 Å². The molecule has 0 aromatic carbocycles. The summed E-state index contributed by atoms with van der Waals surface area (Å²) >= 11 is 5.64. The first-order chi connectivity index (χ1) is 7.13. The van der Waals surface area contributed by atoms with Crippen LogP contribution in [-0.2, 0) is 0 Å². The minimum atomic E-state index is -0.143. The number of rotatable bonds is 4. The molecule has 0 saturated heterocycles. The van der Waals surface area contributed by atoms with Crippen LogP contribution < -0.4 is 5.32 Å². The van der Waals surface area contributed by atoms with E-state index in [1.807, 2.05) is 26.0 Å². The average molecular weight is 227 g/mol. The van der Waals surface area contributed by atoms with Gasteiger partial charge in [0, 0.05) is 18.1 Å². The molecule has 15 heavy (non-hydrogen) atoms. The summed E-state index contributed by atoms with van der Waals surface area (Å²) in [6, 6.07) is 5.38. The van der Waals surface area contributed by atoms with Gasteiger partial charge in [-0.15, -0.1) is 11.6 Å². The molecule has 1 N–H and O–H groups in total. The molecule has 0 spiro atoms. The Kier molecular flexibility index (Phi) is 4.56. The molecule has 0 radical (unpaired) electrons. The molecule has 1 aromatic heterocycles. The van der Waals surface area contributed by atoms with Crippen molar-refractivity contribution in [1.82, 2.24) is 10.3 Å². The molecule has 4 heteroatoms. The van der Waals surface area contributed by atoms with Crippen molar-refractivity contribution in [3.05, 3.63) is 29.6 Å². The highest BCUT2D eigenvalue weighted by atomic mass is 35.5. The Hall–Kier alpha value is -1.09. The largest absolute Gasteiger partial charge is 0.350 e. The third kappa shape index (κ3) is 3.88. The summed E-state index contributed by atoms with van der Waals surface area (Å²) in [7, 11) is 0. The van der Waals surface area contributed by atoms with E-state index in [1.54, 1.807) is 6.07 Å². The number of aromatic nitrogens is 1. The number of aryl methyl sites for hydroxylation is 1. The molecule has 0 aliphatic rings. The number of carbonyl (C=O) groups is 1. The van der Waals surface area contributed by atoms with Gasteiger partial charge in [-0.3, -0.25) is 4.79 Å². The fourth-order valence-corrected chi connectivity index (χ4v) is 1.19. The molecular formula is C11H15ClN2O. The molecule has 82 valence electrons. The normalized spacial score (nSPS) is 12.2. The minimum absolute atomic E-state index is 0.143. The molecule has 3 nitrogen and oxygen atoms in total. The first kappa shape index (κ1) is 12.0. The third-order valence-corrected chi connectivity index (χ3v) is 2.52. The van der Waals surface area contributed by atoms with Crippen molar-refractivity contribution in [2.45, 2.75) is 13.8 Å². The molecule has 0 aliphatic heterocycles. The van der Waals surface area contributed by atoms with Gasteiger partial charge in [0.25, 0.3) is 5.91 Å². The van der Waals surface area contributed by atoms with Gasteiger partial charge < -0.3 is 5.32 Å². The van der Waals surface area contributed by atoms with Crippen molar-refractivity contribution in [3.63, 3.8) is 0 Å². The second-order valence-electron chi connectivity index (χ2n) is 3.63. The van der Waals surface area contributed by atoms with E-state index in [2.05, 4.69) is 10.3 Å². The number of pyridine rings is 1. The van der Waals surface area contributed by atoms with Crippen molar-refractivity contribution < 1.29 is 4.79 Å². The molecule has 1 atom stereocenters. The molecule has 1 rings (SSSR count). The van der Waals surface area contributed by atoms with Gasteiger partial charge in [0.2, 0.25) is 0 Å². The number of nitrogens with zero attached hydrogens (tertiary/aromatic N) is 1. The van der Waals surface area contributed by atoms with Crippen LogP contribution in [0.1, 0.15) is 23.1 Å². The molecule has 0 saturated carbocycles. The van der Waals surface area contributed by atoms with E-state index >= 15 is 0 Å². The zero-order valence-electron chi connectivity index (χ0n) is 8.96. The summed E-state index contributed by atoms with van der Waals surface area (Å²) in [5, 5.41) is 2.79. The van der Waals surface area contributed by atoms with E-state index in [4.69, 9.17) is 11.6 Å². The topological polar surface area (TPSA) is 42.0 Å². The number of alkyl halides is 1. The van der Waals surface area contributed by atoms with Crippen LogP contribution in [0.15, 0.2) is 18.2 Å². The lowest BCUT2D eigenvalue weighted by molar-refractivity contribution is 0.0944. The van der Waals surface area contributed by atoms with Crippen LogP contribution in [0.4, 0.5) is 0 Å². The zero-order valence-corrected chi connectivity index (χ0v) is 9.71. The number of amides is 1. The Bertz CT molecular complexity index is 341. The molecule has 0 fully saturated rings. The smallest absolute Gasteiger partial charge is 0.269 e. The highest BCUT2D eigenvalue weighted by Crippen LogP contribution is 1.99. The monoisotopic (exact) mass is 226 g/mol. The summed E-state index contributed by atoms with van der Waals surface area (Å²) in [5.74, 6) is 0.678. The van der Waals surface area contributed by atoms with Crippen LogP contribution in [0, 0.1) is 12.8 Å². The van der Waals surface area contributed by atoms with Crippen molar-refractivity contribution in [3.8, 4) is 0 Å². The van der Waals surface area contributed by atoms with Gasteiger partial charge in [-0.2, -0.15) is 0 Å². The summed E-state index contributed by atoms with van der Waals surface area (Å²) in [6.07, 6.45) is 0. The van der Waals surface area contributed by atoms with Crippen LogP contribution in [0.2, 0.25) is 0 Å². The van der Waals surface area contributed by atoms with E-state index in [0.29, 0.717) is 18.1 Å². The molecule has 0 aliphatic carbocycles. The fourth-order valence-electron chi connectivity index (χ4n) is 1.08. The van der Waals surface area contributed by atoms with E-state index in [1.165, 1.54) is 0 Å². The van der Waals surface area contributed by atoms with E-state index in [-0.39, 0.29) is 11.8 Å². The lowest BCUT2D eigenvalue weighted by atomic mass is 10.2. The van der Waals surface area contributed by atoms with Crippen LogP contribution in [-0.4, -0.2) is 23.3 Å². The van der Waals surface area contributed by atoms with Crippen LogP contribution in [0.25, 0.3) is 0 Å². The van der Waals surface area contributed by atoms with Gasteiger partial charge in [0.15, 0.2) is 0 Å². The van der Waals surface area contributed by atoms with Gasteiger partial charge in [-0.25, -0.2) is 4.98 Å². The second-order valence-corrected chi connectivity index (χ2v) is 3.94. The van der Waals surface area contributed by atoms with Crippen LogP contribution >= 0.6 is 11.6 Å². The first-order valence-electron chi connectivity index (χ1n) is 4.91. The first-order valence-corrected chi connectivity index (χ1v) is 5.44. The highest BCUT2D eigenvalue weighted by Gasteiger charge is 2.08. The summed E-state index contributed by atoms with van der Waals surface area (Å²) in [4.78, 5) is 15.7. The summed E-state index contributed by atoms with van der Waals surface area (Å²) < 4.78 is 0. The Labute approximate surface area is 94.9 Å². The molecule has 1 heterocycles. The van der Waals surface area contributed by atoms with Crippen molar-refractivity contribution in [2.24, 2.45) is 5.92 Å². The number of hydrogen-bond donors (Lipinski definition) is 1. The maximum Gasteiger partial charge on any atom is 0.269 e. The number of halogens is 1. The standard InChI is InChI=1S/C11H15ClN2O/c1-8(6-12)7-13-11(15)10-5-3-4-9(2)14-10/h3-5,8H,6-7H2,1-2H3,(H,13,15). The SMILES string of the molecule is Cc1cccc(C(=O)NCC(C)CCl)n1. The molecule has 1 amide bonds. The Morgan fingerprint density at radius 3 is 2.93 bits per heavy atom. The maximum absolute atomic E-state index is 11.6. The summed E-state index contributed by atoms with van der Waals surface area (Å²) in [6.45, 7) is 4.42. The average Bonchev–Trinajstić information content (AvgIpc) is 2.25. The maximum atomic E-state index is 11.6. The van der Waals surface area contributed by atoms with Gasteiger partial charge in [-0.05, 0) is 25.0 Å². The van der Waals surface area contributed by atoms with Crippen molar-refractivity contribution >= 4 is 17.5 Å². The Morgan fingerprint density at radius 2 is 2.33 bits per heavy atom. The van der Waals surface area contributed by atoms with E-state index in [0.717, 1.165) is 5.69 Å². The second kappa shape index (κ2) is 5.71.